The van der Waals surface area contributed by atoms with E-state index in [1.54, 1.807) is 54.7 Å². The third-order valence-electron chi connectivity index (χ3n) is 3.53. The summed E-state index contributed by atoms with van der Waals surface area (Å²) in [5.74, 6) is 0.960. The van der Waals surface area contributed by atoms with Gasteiger partial charge in [-0.3, -0.25) is 4.72 Å². The van der Waals surface area contributed by atoms with E-state index >= 15 is 0 Å². The number of halogens is 1. The molecule has 0 aliphatic heterocycles. The molecule has 3 rings (SSSR count). The predicted molar refractivity (Wildman–Crippen MR) is 103 cm³/mol. The van der Waals surface area contributed by atoms with E-state index in [2.05, 4.69) is 15.0 Å². The molecule has 0 saturated carbocycles. The first-order valence-corrected chi connectivity index (χ1v) is 9.48. The van der Waals surface area contributed by atoms with Crippen molar-refractivity contribution in [2.75, 3.05) is 17.1 Å². The van der Waals surface area contributed by atoms with Gasteiger partial charge in [0.1, 0.15) is 5.75 Å². The van der Waals surface area contributed by atoms with E-state index in [0.29, 0.717) is 22.3 Å². The van der Waals surface area contributed by atoms with E-state index in [-0.39, 0.29) is 4.90 Å². The summed E-state index contributed by atoms with van der Waals surface area (Å²) in [7, 11) is -2.25. The summed E-state index contributed by atoms with van der Waals surface area (Å²) in [4.78, 5) is 4.34. The number of methoxy groups -OCH3 is 1. The number of nitrogens with one attached hydrogen (secondary N) is 2. The number of pyridine rings is 1. The van der Waals surface area contributed by atoms with Gasteiger partial charge in [0, 0.05) is 16.9 Å². The number of ether oxygens (including phenoxy) is 1. The van der Waals surface area contributed by atoms with Gasteiger partial charge in [0.25, 0.3) is 10.0 Å². The Hall–Kier alpha value is -2.77. The Balaban J connectivity index is 1.86. The van der Waals surface area contributed by atoms with Gasteiger partial charge in [0.2, 0.25) is 0 Å². The molecule has 1 heterocycles. The Kier molecular flexibility index (Phi) is 5.29. The van der Waals surface area contributed by atoms with Crippen molar-refractivity contribution < 1.29 is 13.2 Å². The smallest absolute Gasteiger partial charge is 0.262 e. The van der Waals surface area contributed by atoms with Gasteiger partial charge in [0.15, 0.2) is 5.82 Å². The van der Waals surface area contributed by atoms with Crippen LogP contribution in [0.1, 0.15) is 0 Å². The molecule has 0 saturated heterocycles. The van der Waals surface area contributed by atoms with Gasteiger partial charge in [-0.15, -0.1) is 0 Å². The summed E-state index contributed by atoms with van der Waals surface area (Å²) in [5, 5.41) is 3.68. The topological polar surface area (TPSA) is 80.3 Å². The number of hydrogen-bond donors (Lipinski definition) is 2. The minimum atomic E-state index is -3.77. The Labute approximate surface area is 156 Å². The summed E-state index contributed by atoms with van der Waals surface area (Å²) in [5.41, 5.74) is 1.07. The number of anilines is 3. The third kappa shape index (κ3) is 4.25. The highest BCUT2D eigenvalue weighted by atomic mass is 35.5. The van der Waals surface area contributed by atoms with E-state index in [1.165, 1.54) is 19.2 Å². The van der Waals surface area contributed by atoms with Gasteiger partial charge in [-0.1, -0.05) is 11.6 Å². The molecule has 134 valence electrons. The Morgan fingerprint density at radius 1 is 1.00 bits per heavy atom. The molecular formula is C18H16ClN3O3S. The first kappa shape index (κ1) is 18.0. The van der Waals surface area contributed by atoms with Gasteiger partial charge in [-0.25, -0.2) is 13.4 Å². The van der Waals surface area contributed by atoms with Crippen LogP contribution in [-0.2, 0) is 10.0 Å². The van der Waals surface area contributed by atoms with Crippen LogP contribution in [0.5, 0.6) is 5.75 Å². The van der Waals surface area contributed by atoms with Crippen molar-refractivity contribution in [1.82, 2.24) is 4.98 Å². The standard InChI is InChI=1S/C18H16ClN3O3S/c1-25-15-8-10-16(11-9-15)26(23,24)22-17-3-2-12-20-18(17)21-14-6-4-13(19)5-7-14/h2-12,22H,1H3,(H,20,21). The fourth-order valence-electron chi connectivity index (χ4n) is 2.22. The normalized spacial score (nSPS) is 11.0. The van der Waals surface area contributed by atoms with Crippen molar-refractivity contribution in [3.8, 4) is 5.75 Å². The molecule has 1 aromatic heterocycles. The number of rotatable bonds is 6. The second-order valence-electron chi connectivity index (χ2n) is 5.31. The van der Waals surface area contributed by atoms with E-state index < -0.39 is 10.0 Å². The SMILES string of the molecule is COc1ccc(S(=O)(=O)Nc2cccnc2Nc2ccc(Cl)cc2)cc1. The molecule has 0 atom stereocenters. The molecule has 3 aromatic rings. The van der Waals surface area contributed by atoms with E-state index in [0.717, 1.165) is 5.69 Å². The minimum absolute atomic E-state index is 0.125. The van der Waals surface area contributed by atoms with Gasteiger partial charge in [0.05, 0.1) is 17.7 Å². The van der Waals surface area contributed by atoms with Gasteiger partial charge in [-0.2, -0.15) is 0 Å². The Morgan fingerprint density at radius 3 is 2.35 bits per heavy atom. The zero-order chi connectivity index (χ0) is 18.6. The molecule has 0 fully saturated rings. The molecular weight excluding hydrogens is 374 g/mol. The summed E-state index contributed by atoms with van der Waals surface area (Å²) >= 11 is 5.88. The summed E-state index contributed by atoms with van der Waals surface area (Å²) in [6.45, 7) is 0. The highest BCUT2D eigenvalue weighted by Gasteiger charge is 2.16. The molecule has 0 aliphatic rings. The van der Waals surface area contributed by atoms with Crippen molar-refractivity contribution >= 4 is 38.8 Å². The number of hydrogen-bond acceptors (Lipinski definition) is 5. The quantitative estimate of drug-likeness (QED) is 0.657. The second-order valence-corrected chi connectivity index (χ2v) is 7.43. The van der Waals surface area contributed by atoms with Crippen molar-refractivity contribution in [3.63, 3.8) is 0 Å². The number of sulfonamides is 1. The average Bonchev–Trinajstić information content (AvgIpc) is 2.65. The lowest BCUT2D eigenvalue weighted by Crippen LogP contribution is -2.14. The summed E-state index contributed by atoms with van der Waals surface area (Å²) in [6, 6.07) is 16.4. The van der Waals surface area contributed by atoms with Crippen LogP contribution in [0.15, 0.2) is 71.8 Å². The molecule has 0 amide bonds. The van der Waals surface area contributed by atoms with Crippen LogP contribution in [0.3, 0.4) is 0 Å². The lowest BCUT2D eigenvalue weighted by atomic mass is 10.3. The molecule has 0 spiro atoms. The summed E-state index contributed by atoms with van der Waals surface area (Å²) in [6.07, 6.45) is 1.57. The van der Waals surface area contributed by atoms with Crippen LogP contribution < -0.4 is 14.8 Å². The van der Waals surface area contributed by atoms with Crippen LogP contribution in [-0.4, -0.2) is 20.5 Å². The molecule has 2 aromatic carbocycles. The van der Waals surface area contributed by atoms with Gasteiger partial charge in [-0.05, 0) is 60.7 Å². The van der Waals surface area contributed by atoms with Crippen LogP contribution in [0.4, 0.5) is 17.2 Å². The Morgan fingerprint density at radius 2 is 1.69 bits per heavy atom. The Bertz CT molecular complexity index is 991. The lowest BCUT2D eigenvalue weighted by Gasteiger charge is -2.13. The molecule has 0 radical (unpaired) electrons. The predicted octanol–water partition coefficient (Wildman–Crippen LogP) is 4.29. The fraction of sp³-hybridized carbons (Fsp3) is 0.0556. The maximum Gasteiger partial charge on any atom is 0.262 e. The first-order valence-electron chi connectivity index (χ1n) is 7.62. The van der Waals surface area contributed by atoms with Crippen LogP contribution in [0.25, 0.3) is 0 Å². The van der Waals surface area contributed by atoms with E-state index in [1.807, 2.05) is 0 Å². The lowest BCUT2D eigenvalue weighted by molar-refractivity contribution is 0.414. The van der Waals surface area contributed by atoms with Crippen LogP contribution in [0, 0.1) is 0 Å². The van der Waals surface area contributed by atoms with Gasteiger partial charge < -0.3 is 10.1 Å². The molecule has 2 N–H and O–H groups in total. The molecule has 0 aliphatic carbocycles. The number of nitrogens with zero attached hydrogens (tertiary/aromatic N) is 1. The second kappa shape index (κ2) is 7.63. The highest BCUT2D eigenvalue weighted by molar-refractivity contribution is 7.92. The molecule has 0 unspecified atom stereocenters. The largest absolute Gasteiger partial charge is 0.497 e. The average molecular weight is 390 g/mol. The molecule has 26 heavy (non-hydrogen) atoms. The maximum atomic E-state index is 12.6. The molecule has 6 nitrogen and oxygen atoms in total. The van der Waals surface area contributed by atoms with Crippen molar-refractivity contribution in [2.24, 2.45) is 0 Å². The van der Waals surface area contributed by atoms with Crippen molar-refractivity contribution in [2.45, 2.75) is 4.90 Å². The maximum absolute atomic E-state index is 12.6. The summed E-state index contributed by atoms with van der Waals surface area (Å²) < 4.78 is 32.9. The first-order chi connectivity index (χ1) is 12.5. The van der Waals surface area contributed by atoms with Crippen molar-refractivity contribution in [3.05, 3.63) is 71.9 Å². The number of aromatic nitrogens is 1. The molecule has 8 heteroatoms. The third-order valence-corrected chi connectivity index (χ3v) is 5.16. The fourth-order valence-corrected chi connectivity index (χ4v) is 3.41. The van der Waals surface area contributed by atoms with E-state index in [4.69, 9.17) is 16.3 Å². The van der Waals surface area contributed by atoms with Crippen LogP contribution >= 0.6 is 11.6 Å². The van der Waals surface area contributed by atoms with E-state index in [9.17, 15) is 8.42 Å². The zero-order valence-corrected chi connectivity index (χ0v) is 15.4. The van der Waals surface area contributed by atoms with Gasteiger partial charge >= 0.3 is 0 Å². The number of benzene rings is 2. The monoisotopic (exact) mass is 389 g/mol. The molecule has 0 bridgehead atoms. The van der Waals surface area contributed by atoms with Crippen molar-refractivity contribution in [1.29, 1.82) is 0 Å². The minimum Gasteiger partial charge on any atom is -0.497 e. The highest BCUT2D eigenvalue weighted by Crippen LogP contribution is 2.26. The zero-order valence-electron chi connectivity index (χ0n) is 13.8. The van der Waals surface area contributed by atoms with Crippen LogP contribution in [0.2, 0.25) is 5.02 Å².